The molecule has 0 aromatic heterocycles. The van der Waals surface area contributed by atoms with E-state index < -0.39 is 9.84 Å². The molecule has 0 radical (unpaired) electrons. The van der Waals surface area contributed by atoms with E-state index in [9.17, 15) is 8.42 Å². The lowest BCUT2D eigenvalue weighted by Crippen LogP contribution is -2.54. The number of sulfone groups is 1. The molecule has 4 nitrogen and oxygen atoms in total. The van der Waals surface area contributed by atoms with Crippen molar-refractivity contribution >= 4 is 9.84 Å². The highest BCUT2D eigenvalue weighted by Gasteiger charge is 2.36. The van der Waals surface area contributed by atoms with Gasteiger partial charge in [-0.25, -0.2) is 8.42 Å². The van der Waals surface area contributed by atoms with Gasteiger partial charge in [0.05, 0.1) is 5.75 Å². The highest BCUT2D eigenvalue weighted by atomic mass is 32.2. The first kappa shape index (κ1) is 16.9. The van der Waals surface area contributed by atoms with Gasteiger partial charge < -0.3 is 10.2 Å². The van der Waals surface area contributed by atoms with E-state index in [-0.39, 0.29) is 5.75 Å². The molecule has 0 heterocycles. The zero-order valence-electron chi connectivity index (χ0n) is 13.1. The van der Waals surface area contributed by atoms with Gasteiger partial charge >= 0.3 is 0 Å². The second-order valence-electron chi connectivity index (χ2n) is 6.75. The van der Waals surface area contributed by atoms with Crippen LogP contribution in [-0.4, -0.2) is 57.5 Å². The number of nitrogens with one attached hydrogen (secondary N) is 1. The maximum Gasteiger partial charge on any atom is 0.148 e. The highest BCUT2D eigenvalue weighted by molar-refractivity contribution is 7.90. The predicted octanol–water partition coefficient (Wildman–Crippen LogP) is 1.52. The summed E-state index contributed by atoms with van der Waals surface area (Å²) in [6, 6.07) is 0.924. The maximum absolute atomic E-state index is 11.3. The van der Waals surface area contributed by atoms with Crippen LogP contribution >= 0.6 is 0 Å². The van der Waals surface area contributed by atoms with E-state index in [0.717, 1.165) is 13.0 Å². The molecule has 0 amide bonds. The molecular formula is C14H30N2O2S. The largest absolute Gasteiger partial charge is 0.313 e. The maximum atomic E-state index is 11.3. The molecule has 1 fully saturated rings. The summed E-state index contributed by atoms with van der Waals surface area (Å²) in [7, 11) is -0.821. The lowest BCUT2D eigenvalue weighted by atomic mass is 9.72. The first-order chi connectivity index (χ1) is 8.64. The van der Waals surface area contributed by atoms with Crippen LogP contribution in [0, 0.1) is 5.41 Å². The fraction of sp³-hybridized carbons (Fsp3) is 1.00. The minimum atomic E-state index is -2.88. The zero-order valence-corrected chi connectivity index (χ0v) is 13.9. The van der Waals surface area contributed by atoms with Crippen LogP contribution in [0.5, 0.6) is 0 Å². The average Bonchev–Trinajstić information content (AvgIpc) is 2.27. The molecule has 0 aromatic carbocycles. The molecular weight excluding hydrogens is 260 g/mol. The molecule has 1 N–H and O–H groups in total. The van der Waals surface area contributed by atoms with Crippen LogP contribution in [0.25, 0.3) is 0 Å². The number of hydrogen-bond donors (Lipinski definition) is 1. The molecule has 0 spiro atoms. The Kier molecular flexibility index (Phi) is 5.83. The van der Waals surface area contributed by atoms with Crippen LogP contribution in [0.2, 0.25) is 0 Å². The minimum Gasteiger partial charge on any atom is -0.313 e. The van der Waals surface area contributed by atoms with E-state index in [2.05, 4.69) is 38.0 Å². The van der Waals surface area contributed by atoms with Crippen molar-refractivity contribution in [2.45, 2.75) is 52.1 Å². The molecule has 2 atom stereocenters. The predicted molar refractivity (Wildman–Crippen MR) is 81.2 cm³/mol. The van der Waals surface area contributed by atoms with E-state index in [1.54, 1.807) is 0 Å². The Morgan fingerprint density at radius 1 is 1.37 bits per heavy atom. The molecule has 1 saturated carbocycles. The topological polar surface area (TPSA) is 49.4 Å². The SMILES string of the molecule is CCNC1CCC(C)(C)CC1N(C)CCS(C)(=O)=O. The second kappa shape index (κ2) is 6.55. The molecule has 1 rings (SSSR count). The smallest absolute Gasteiger partial charge is 0.148 e. The van der Waals surface area contributed by atoms with Crippen molar-refractivity contribution in [3.63, 3.8) is 0 Å². The molecule has 0 saturated heterocycles. The molecule has 1 aliphatic carbocycles. The molecule has 19 heavy (non-hydrogen) atoms. The van der Waals surface area contributed by atoms with Crippen molar-refractivity contribution < 1.29 is 8.42 Å². The average molecular weight is 290 g/mol. The summed E-state index contributed by atoms with van der Waals surface area (Å²) < 4.78 is 22.6. The van der Waals surface area contributed by atoms with Gasteiger partial charge in [0.2, 0.25) is 0 Å². The van der Waals surface area contributed by atoms with Gasteiger partial charge in [-0.1, -0.05) is 20.8 Å². The van der Waals surface area contributed by atoms with E-state index in [4.69, 9.17) is 0 Å². The number of nitrogens with zero attached hydrogens (tertiary/aromatic N) is 1. The summed E-state index contributed by atoms with van der Waals surface area (Å²) in [4.78, 5) is 2.23. The quantitative estimate of drug-likeness (QED) is 0.806. The summed E-state index contributed by atoms with van der Waals surface area (Å²) >= 11 is 0. The van der Waals surface area contributed by atoms with Crippen LogP contribution in [0.1, 0.15) is 40.0 Å². The van der Waals surface area contributed by atoms with Crippen molar-refractivity contribution in [1.29, 1.82) is 0 Å². The lowest BCUT2D eigenvalue weighted by molar-refractivity contribution is 0.0864. The summed E-state index contributed by atoms with van der Waals surface area (Å²) in [5, 5.41) is 3.56. The Labute approximate surface area is 118 Å². The van der Waals surface area contributed by atoms with E-state index >= 15 is 0 Å². The van der Waals surface area contributed by atoms with Crippen molar-refractivity contribution in [3.8, 4) is 0 Å². The second-order valence-corrected chi connectivity index (χ2v) is 9.01. The van der Waals surface area contributed by atoms with Gasteiger partial charge in [0.25, 0.3) is 0 Å². The Morgan fingerprint density at radius 3 is 2.53 bits per heavy atom. The summed E-state index contributed by atoms with van der Waals surface area (Å²) in [5.74, 6) is 0.249. The molecule has 0 aliphatic heterocycles. The van der Waals surface area contributed by atoms with Crippen LogP contribution in [0.3, 0.4) is 0 Å². The van der Waals surface area contributed by atoms with Crippen molar-refractivity contribution in [2.24, 2.45) is 5.41 Å². The third-order valence-electron chi connectivity index (χ3n) is 4.21. The van der Waals surface area contributed by atoms with Crippen molar-refractivity contribution in [2.75, 3.05) is 32.1 Å². The van der Waals surface area contributed by atoms with Gasteiger partial charge in [-0.3, -0.25) is 0 Å². The first-order valence-electron chi connectivity index (χ1n) is 7.26. The van der Waals surface area contributed by atoms with Crippen molar-refractivity contribution in [1.82, 2.24) is 10.2 Å². The van der Waals surface area contributed by atoms with Gasteiger partial charge in [-0.05, 0) is 38.3 Å². The third-order valence-corrected chi connectivity index (χ3v) is 5.13. The Hall–Kier alpha value is -0.130. The standard InChI is InChI=1S/C14H30N2O2S/c1-6-15-12-7-8-14(2,3)11-13(12)16(4)9-10-19(5,17)18/h12-13,15H,6-11H2,1-5H3. The van der Waals surface area contributed by atoms with Crippen LogP contribution in [0.4, 0.5) is 0 Å². The number of hydrogen-bond acceptors (Lipinski definition) is 4. The first-order valence-corrected chi connectivity index (χ1v) is 9.32. The molecule has 2 unspecified atom stereocenters. The third kappa shape index (κ3) is 5.79. The molecule has 1 aliphatic rings. The number of likely N-dealkylation sites (N-methyl/N-ethyl adjacent to an activating group) is 2. The van der Waals surface area contributed by atoms with Gasteiger partial charge in [-0.15, -0.1) is 0 Å². The zero-order chi connectivity index (χ0) is 14.7. The van der Waals surface area contributed by atoms with E-state index in [0.29, 0.717) is 24.0 Å². The lowest BCUT2D eigenvalue weighted by Gasteiger charge is -2.45. The highest BCUT2D eigenvalue weighted by Crippen LogP contribution is 2.37. The fourth-order valence-corrected chi connectivity index (χ4v) is 3.61. The van der Waals surface area contributed by atoms with Gasteiger partial charge in [0, 0.05) is 24.9 Å². The summed E-state index contributed by atoms with van der Waals surface area (Å²) in [6.45, 7) is 8.36. The Morgan fingerprint density at radius 2 is 2.00 bits per heavy atom. The number of rotatable bonds is 6. The Bertz CT molecular complexity index is 379. The van der Waals surface area contributed by atoms with Crippen LogP contribution in [0.15, 0.2) is 0 Å². The van der Waals surface area contributed by atoms with Crippen molar-refractivity contribution in [3.05, 3.63) is 0 Å². The molecule has 5 heteroatoms. The molecule has 114 valence electrons. The minimum absolute atomic E-state index is 0.249. The fourth-order valence-electron chi connectivity index (χ4n) is 2.99. The Balaban J connectivity index is 2.67. The van der Waals surface area contributed by atoms with E-state index in [1.165, 1.54) is 19.1 Å². The molecule has 0 bridgehead atoms. The van der Waals surface area contributed by atoms with E-state index in [1.807, 2.05) is 0 Å². The summed E-state index contributed by atoms with van der Waals surface area (Å²) in [6.07, 6.45) is 4.86. The van der Waals surface area contributed by atoms with Gasteiger partial charge in [0.15, 0.2) is 0 Å². The molecule has 0 aromatic rings. The monoisotopic (exact) mass is 290 g/mol. The van der Waals surface area contributed by atoms with Crippen LogP contribution < -0.4 is 5.32 Å². The van der Waals surface area contributed by atoms with Gasteiger partial charge in [-0.2, -0.15) is 0 Å². The van der Waals surface area contributed by atoms with Gasteiger partial charge in [0.1, 0.15) is 9.84 Å². The van der Waals surface area contributed by atoms with Crippen LogP contribution in [-0.2, 0) is 9.84 Å². The normalized spacial score (nSPS) is 27.7. The summed E-state index contributed by atoms with van der Waals surface area (Å²) in [5.41, 5.74) is 0.357.